The Morgan fingerprint density at radius 2 is 1.70 bits per heavy atom. The third-order valence-corrected chi connectivity index (χ3v) is 4.51. The first-order chi connectivity index (χ1) is 13.8. The molecule has 0 atom stereocenters. The van der Waals surface area contributed by atoms with Gasteiger partial charge in [-0.2, -0.15) is 13.2 Å². The molecule has 2 rings (SSSR count). The second-order valence-corrected chi connectivity index (χ2v) is 8.06. The van der Waals surface area contributed by atoms with Crippen molar-refractivity contribution in [3.63, 3.8) is 0 Å². The second-order valence-electron chi connectivity index (χ2n) is 8.06. The van der Waals surface area contributed by atoms with Crippen molar-refractivity contribution in [3.05, 3.63) is 28.8 Å². The molecule has 1 aromatic rings. The third-order valence-electron chi connectivity index (χ3n) is 4.51. The highest BCUT2D eigenvalue weighted by Gasteiger charge is 2.34. The summed E-state index contributed by atoms with van der Waals surface area (Å²) in [5, 5.41) is 0. The van der Waals surface area contributed by atoms with Gasteiger partial charge in [-0.25, -0.2) is 9.59 Å². The molecule has 0 saturated carbocycles. The molecule has 10 heteroatoms. The quantitative estimate of drug-likeness (QED) is 0.580. The van der Waals surface area contributed by atoms with E-state index >= 15 is 0 Å². The van der Waals surface area contributed by atoms with Crippen LogP contribution < -0.4 is 5.73 Å². The van der Waals surface area contributed by atoms with Crippen molar-refractivity contribution in [2.75, 3.05) is 38.5 Å². The molecule has 0 aliphatic carbocycles. The molecule has 1 aliphatic rings. The largest absolute Gasteiger partial charge is 0.462 e. The van der Waals surface area contributed by atoms with E-state index in [0.29, 0.717) is 26.2 Å². The zero-order valence-corrected chi connectivity index (χ0v) is 17.6. The lowest BCUT2D eigenvalue weighted by atomic mass is 10.0. The van der Waals surface area contributed by atoms with Gasteiger partial charge in [0.1, 0.15) is 5.60 Å². The molecule has 30 heavy (non-hydrogen) atoms. The highest BCUT2D eigenvalue weighted by Crippen LogP contribution is 2.34. The van der Waals surface area contributed by atoms with Gasteiger partial charge < -0.3 is 20.1 Å². The molecule has 0 spiro atoms. The lowest BCUT2D eigenvalue weighted by Crippen LogP contribution is -2.49. The van der Waals surface area contributed by atoms with Gasteiger partial charge in [0.25, 0.3) is 0 Å². The van der Waals surface area contributed by atoms with E-state index in [0.717, 1.165) is 12.1 Å². The number of halogens is 3. The molecule has 0 unspecified atom stereocenters. The number of benzene rings is 1. The maximum atomic E-state index is 13.3. The fourth-order valence-corrected chi connectivity index (χ4v) is 3.04. The van der Waals surface area contributed by atoms with Gasteiger partial charge in [-0.15, -0.1) is 0 Å². The normalized spacial score (nSPS) is 15.8. The maximum absolute atomic E-state index is 13.3. The molecule has 1 heterocycles. The molecule has 0 bridgehead atoms. The monoisotopic (exact) mass is 431 g/mol. The first kappa shape index (κ1) is 23.8. The fraction of sp³-hybridized carbons (Fsp3) is 0.600. The van der Waals surface area contributed by atoms with Gasteiger partial charge in [0.05, 0.1) is 23.4 Å². The van der Waals surface area contributed by atoms with Crippen molar-refractivity contribution < 1.29 is 32.2 Å². The number of ether oxygens (including phenoxy) is 2. The fourth-order valence-electron chi connectivity index (χ4n) is 3.04. The third kappa shape index (κ3) is 6.25. The number of amides is 1. The van der Waals surface area contributed by atoms with Crippen LogP contribution in [0, 0.1) is 0 Å². The van der Waals surface area contributed by atoms with Crippen LogP contribution in [0.3, 0.4) is 0 Å². The Bertz CT molecular complexity index is 783. The second kappa shape index (κ2) is 9.11. The predicted octanol–water partition coefficient (Wildman–Crippen LogP) is 3.52. The van der Waals surface area contributed by atoms with Crippen molar-refractivity contribution in [2.45, 2.75) is 46.0 Å². The van der Waals surface area contributed by atoms with Gasteiger partial charge in [0.15, 0.2) is 0 Å². The number of esters is 1. The van der Waals surface area contributed by atoms with Crippen LogP contribution in [0.1, 0.15) is 49.2 Å². The van der Waals surface area contributed by atoms with E-state index in [-0.39, 0.29) is 30.0 Å². The SMILES string of the molecule is CCOC(=O)c1cc(C(F)(F)F)cc(CN2CCN(C(=O)OC(C)(C)C)CC2)c1N. The van der Waals surface area contributed by atoms with Crippen molar-refractivity contribution in [2.24, 2.45) is 0 Å². The number of nitrogen functional groups attached to an aromatic ring is 1. The topological polar surface area (TPSA) is 85.1 Å². The van der Waals surface area contributed by atoms with Crippen molar-refractivity contribution in [1.82, 2.24) is 9.80 Å². The Hall–Kier alpha value is -2.49. The smallest absolute Gasteiger partial charge is 0.416 e. The van der Waals surface area contributed by atoms with Gasteiger partial charge in [-0.05, 0) is 45.4 Å². The summed E-state index contributed by atoms with van der Waals surface area (Å²) in [6, 6.07) is 1.68. The molecule has 1 amide bonds. The number of hydrogen-bond acceptors (Lipinski definition) is 6. The lowest BCUT2D eigenvalue weighted by molar-refractivity contribution is -0.137. The number of carbonyl (C=O) groups excluding carboxylic acids is 2. The van der Waals surface area contributed by atoms with E-state index in [1.807, 2.05) is 4.90 Å². The number of nitrogens with two attached hydrogens (primary N) is 1. The number of nitrogens with zero attached hydrogens (tertiary/aromatic N) is 2. The molecular weight excluding hydrogens is 403 g/mol. The molecule has 7 nitrogen and oxygen atoms in total. The average molecular weight is 431 g/mol. The maximum Gasteiger partial charge on any atom is 0.416 e. The van der Waals surface area contributed by atoms with E-state index < -0.39 is 29.4 Å². The summed E-state index contributed by atoms with van der Waals surface area (Å²) in [6.45, 7) is 8.65. The molecular formula is C20H28F3N3O4. The van der Waals surface area contributed by atoms with Crippen molar-refractivity contribution in [3.8, 4) is 0 Å². The number of alkyl halides is 3. The first-order valence-electron chi connectivity index (χ1n) is 9.69. The molecule has 2 N–H and O–H groups in total. The van der Waals surface area contributed by atoms with Gasteiger partial charge in [-0.3, -0.25) is 4.90 Å². The van der Waals surface area contributed by atoms with Gasteiger partial charge in [0.2, 0.25) is 0 Å². The summed E-state index contributed by atoms with van der Waals surface area (Å²) < 4.78 is 50.1. The predicted molar refractivity (Wildman–Crippen MR) is 105 cm³/mol. The minimum atomic E-state index is -4.63. The minimum Gasteiger partial charge on any atom is -0.462 e. The Morgan fingerprint density at radius 3 is 2.20 bits per heavy atom. The van der Waals surface area contributed by atoms with Crippen LogP contribution in [0.2, 0.25) is 0 Å². The molecule has 1 aromatic carbocycles. The van der Waals surface area contributed by atoms with E-state index in [4.69, 9.17) is 15.2 Å². The van der Waals surface area contributed by atoms with Gasteiger partial charge in [-0.1, -0.05) is 0 Å². The molecule has 1 saturated heterocycles. The number of piperazine rings is 1. The minimum absolute atomic E-state index is 0.0243. The van der Waals surface area contributed by atoms with Crippen LogP contribution in [0.15, 0.2) is 12.1 Å². The van der Waals surface area contributed by atoms with E-state index in [2.05, 4.69) is 0 Å². The van der Waals surface area contributed by atoms with Gasteiger partial charge >= 0.3 is 18.2 Å². The summed E-state index contributed by atoms with van der Waals surface area (Å²) in [4.78, 5) is 27.7. The van der Waals surface area contributed by atoms with E-state index in [9.17, 15) is 22.8 Å². The lowest BCUT2D eigenvalue weighted by Gasteiger charge is -2.35. The number of anilines is 1. The standard InChI is InChI=1S/C20H28F3N3O4/c1-5-29-17(27)15-11-14(20(21,22)23)10-13(16(15)24)12-25-6-8-26(9-7-25)18(28)30-19(2,3)4/h10-11H,5-9,12,24H2,1-4H3. The number of hydrogen-bond donors (Lipinski definition) is 1. The van der Waals surface area contributed by atoms with Crippen LogP contribution >= 0.6 is 0 Å². The van der Waals surface area contributed by atoms with Crippen LogP contribution in [-0.2, 0) is 22.2 Å². The Kier molecular flexibility index (Phi) is 7.23. The summed E-state index contributed by atoms with van der Waals surface area (Å²) in [7, 11) is 0. The summed E-state index contributed by atoms with van der Waals surface area (Å²) in [6.07, 6.45) is -5.05. The Labute approximate surface area is 173 Å². The van der Waals surface area contributed by atoms with Crippen molar-refractivity contribution >= 4 is 17.7 Å². The van der Waals surface area contributed by atoms with Crippen LogP contribution in [0.25, 0.3) is 0 Å². The van der Waals surface area contributed by atoms with E-state index in [1.54, 1.807) is 32.6 Å². The number of rotatable bonds is 4. The Morgan fingerprint density at radius 1 is 1.10 bits per heavy atom. The average Bonchev–Trinajstić information content (AvgIpc) is 2.61. The van der Waals surface area contributed by atoms with E-state index in [1.165, 1.54) is 0 Å². The van der Waals surface area contributed by atoms with Crippen LogP contribution in [0.4, 0.5) is 23.7 Å². The van der Waals surface area contributed by atoms with Crippen molar-refractivity contribution in [1.29, 1.82) is 0 Å². The number of carbonyl (C=O) groups is 2. The zero-order valence-electron chi connectivity index (χ0n) is 17.6. The highest BCUT2D eigenvalue weighted by atomic mass is 19.4. The molecule has 168 valence electrons. The summed E-state index contributed by atoms with van der Waals surface area (Å²) in [5.74, 6) is -0.892. The highest BCUT2D eigenvalue weighted by molar-refractivity contribution is 5.96. The Balaban J connectivity index is 2.16. The summed E-state index contributed by atoms with van der Waals surface area (Å²) in [5.41, 5.74) is 4.31. The molecule has 0 aromatic heterocycles. The molecule has 0 radical (unpaired) electrons. The first-order valence-corrected chi connectivity index (χ1v) is 9.69. The zero-order chi connectivity index (χ0) is 22.7. The van der Waals surface area contributed by atoms with Crippen LogP contribution in [-0.4, -0.2) is 60.2 Å². The summed E-state index contributed by atoms with van der Waals surface area (Å²) >= 11 is 0. The van der Waals surface area contributed by atoms with Gasteiger partial charge in [0, 0.05) is 32.7 Å². The molecule has 1 fully saturated rings. The van der Waals surface area contributed by atoms with Crippen LogP contribution in [0.5, 0.6) is 0 Å². The molecule has 1 aliphatic heterocycles.